The number of carbonyl (C=O) groups is 1. The monoisotopic (exact) mass is 277 g/mol. The van der Waals surface area contributed by atoms with Crippen molar-refractivity contribution in [1.29, 1.82) is 0 Å². The van der Waals surface area contributed by atoms with Crippen molar-refractivity contribution >= 4 is 11.6 Å². The number of anilines is 1. The van der Waals surface area contributed by atoms with Crippen molar-refractivity contribution in [2.24, 2.45) is 5.73 Å². The number of carbonyl (C=O) groups excluding carboxylic acids is 1. The van der Waals surface area contributed by atoms with Gasteiger partial charge in [0.1, 0.15) is 5.75 Å². The minimum atomic E-state index is -0.0250. The summed E-state index contributed by atoms with van der Waals surface area (Å²) in [6, 6.07) is 5.92. The van der Waals surface area contributed by atoms with Crippen LogP contribution in [0.4, 0.5) is 5.69 Å². The fourth-order valence-electron chi connectivity index (χ4n) is 2.55. The lowest BCUT2D eigenvalue weighted by molar-refractivity contribution is -0.117. The average molecular weight is 277 g/mol. The zero-order valence-electron chi connectivity index (χ0n) is 12.2. The summed E-state index contributed by atoms with van der Waals surface area (Å²) in [5, 5.41) is 2.92. The summed E-state index contributed by atoms with van der Waals surface area (Å²) in [6.07, 6.45) is 2.10. The molecule has 1 aliphatic rings. The van der Waals surface area contributed by atoms with Crippen LogP contribution in [0.5, 0.6) is 5.75 Å². The number of amides is 1. The van der Waals surface area contributed by atoms with Gasteiger partial charge >= 0.3 is 0 Å². The van der Waals surface area contributed by atoms with Crippen molar-refractivity contribution < 1.29 is 9.53 Å². The molecule has 110 valence electrons. The Bertz CT molecular complexity index is 476. The number of methoxy groups -OCH3 is 1. The molecule has 1 atom stereocenters. The summed E-state index contributed by atoms with van der Waals surface area (Å²) < 4.78 is 5.26. The van der Waals surface area contributed by atoms with Crippen molar-refractivity contribution in [2.45, 2.75) is 25.8 Å². The Labute approximate surface area is 120 Å². The number of hydrogen-bond acceptors (Lipinski definition) is 4. The number of nitrogens with one attached hydrogen (secondary N) is 1. The van der Waals surface area contributed by atoms with Crippen molar-refractivity contribution in [3.8, 4) is 5.75 Å². The second-order valence-electron chi connectivity index (χ2n) is 5.39. The summed E-state index contributed by atoms with van der Waals surface area (Å²) in [6.45, 7) is 4.09. The Morgan fingerprint density at radius 3 is 3.05 bits per heavy atom. The first kappa shape index (κ1) is 14.8. The van der Waals surface area contributed by atoms with Crippen LogP contribution in [0.15, 0.2) is 18.2 Å². The van der Waals surface area contributed by atoms with E-state index in [4.69, 9.17) is 10.5 Å². The summed E-state index contributed by atoms with van der Waals surface area (Å²) in [7, 11) is 1.60. The number of hydrogen-bond donors (Lipinski definition) is 2. The Morgan fingerprint density at radius 2 is 2.35 bits per heavy atom. The molecule has 0 spiro atoms. The smallest absolute Gasteiger partial charge is 0.238 e. The van der Waals surface area contributed by atoms with Gasteiger partial charge in [0.15, 0.2) is 0 Å². The van der Waals surface area contributed by atoms with Gasteiger partial charge in [-0.15, -0.1) is 0 Å². The molecule has 1 unspecified atom stereocenters. The number of aryl methyl sites for hydroxylation is 1. The van der Waals surface area contributed by atoms with Crippen LogP contribution in [-0.2, 0) is 4.79 Å². The zero-order valence-corrected chi connectivity index (χ0v) is 12.2. The fourth-order valence-corrected chi connectivity index (χ4v) is 2.55. The molecule has 0 aliphatic carbocycles. The maximum Gasteiger partial charge on any atom is 0.238 e. The zero-order chi connectivity index (χ0) is 14.5. The Kier molecular flexibility index (Phi) is 4.98. The van der Waals surface area contributed by atoms with Gasteiger partial charge < -0.3 is 15.8 Å². The van der Waals surface area contributed by atoms with Crippen LogP contribution in [0.2, 0.25) is 0 Å². The SMILES string of the molecule is COc1ccc(C)cc1NC(=O)CN1CCCC(N)C1. The van der Waals surface area contributed by atoms with Crippen LogP contribution in [0.3, 0.4) is 0 Å². The fraction of sp³-hybridized carbons (Fsp3) is 0.533. The van der Waals surface area contributed by atoms with Gasteiger partial charge in [0, 0.05) is 12.6 Å². The number of piperidine rings is 1. The number of benzene rings is 1. The second-order valence-corrected chi connectivity index (χ2v) is 5.39. The molecule has 1 amide bonds. The van der Waals surface area contributed by atoms with Crippen molar-refractivity contribution in [3.05, 3.63) is 23.8 Å². The molecular formula is C15H23N3O2. The van der Waals surface area contributed by atoms with Gasteiger partial charge in [0.05, 0.1) is 19.3 Å². The van der Waals surface area contributed by atoms with Gasteiger partial charge in [-0.3, -0.25) is 9.69 Å². The first-order valence-corrected chi connectivity index (χ1v) is 7.01. The van der Waals surface area contributed by atoms with E-state index in [-0.39, 0.29) is 11.9 Å². The van der Waals surface area contributed by atoms with Gasteiger partial charge in [-0.05, 0) is 44.0 Å². The Balaban J connectivity index is 1.95. The summed E-state index contributed by atoms with van der Waals surface area (Å²) in [5.74, 6) is 0.655. The topological polar surface area (TPSA) is 67.6 Å². The molecule has 2 rings (SSSR count). The number of nitrogens with two attached hydrogens (primary N) is 1. The molecule has 1 aromatic carbocycles. The molecule has 1 aliphatic heterocycles. The van der Waals surface area contributed by atoms with E-state index in [0.717, 1.165) is 37.2 Å². The maximum atomic E-state index is 12.1. The third-order valence-electron chi connectivity index (χ3n) is 3.54. The molecular weight excluding hydrogens is 254 g/mol. The predicted molar refractivity (Wildman–Crippen MR) is 80.0 cm³/mol. The number of ether oxygens (including phenoxy) is 1. The van der Waals surface area contributed by atoms with Crippen molar-refractivity contribution in [1.82, 2.24) is 4.90 Å². The first-order valence-electron chi connectivity index (χ1n) is 7.01. The number of likely N-dealkylation sites (tertiary alicyclic amines) is 1. The molecule has 1 saturated heterocycles. The van der Waals surface area contributed by atoms with E-state index in [1.165, 1.54) is 0 Å². The van der Waals surface area contributed by atoms with Crippen LogP contribution in [0.25, 0.3) is 0 Å². The molecule has 0 saturated carbocycles. The van der Waals surface area contributed by atoms with Crippen LogP contribution in [0, 0.1) is 6.92 Å². The molecule has 20 heavy (non-hydrogen) atoms. The van der Waals surface area contributed by atoms with E-state index in [2.05, 4.69) is 10.2 Å². The molecule has 0 aromatic heterocycles. The highest BCUT2D eigenvalue weighted by Crippen LogP contribution is 2.25. The molecule has 1 fully saturated rings. The van der Waals surface area contributed by atoms with E-state index in [0.29, 0.717) is 12.3 Å². The molecule has 1 heterocycles. The summed E-state index contributed by atoms with van der Waals surface area (Å²) in [4.78, 5) is 14.2. The Hall–Kier alpha value is -1.59. The molecule has 1 aromatic rings. The summed E-state index contributed by atoms with van der Waals surface area (Å²) >= 11 is 0. The van der Waals surface area contributed by atoms with E-state index in [1.807, 2.05) is 25.1 Å². The van der Waals surface area contributed by atoms with Gasteiger partial charge in [0.25, 0.3) is 0 Å². The first-order chi connectivity index (χ1) is 9.58. The molecule has 3 N–H and O–H groups in total. The molecule has 0 radical (unpaired) electrons. The van der Waals surface area contributed by atoms with E-state index in [1.54, 1.807) is 7.11 Å². The van der Waals surface area contributed by atoms with Crippen LogP contribution < -0.4 is 15.8 Å². The van der Waals surface area contributed by atoms with Crippen LogP contribution >= 0.6 is 0 Å². The van der Waals surface area contributed by atoms with Crippen LogP contribution in [-0.4, -0.2) is 43.6 Å². The normalized spacial score (nSPS) is 19.6. The number of rotatable bonds is 4. The summed E-state index contributed by atoms with van der Waals surface area (Å²) in [5.41, 5.74) is 7.73. The van der Waals surface area contributed by atoms with Gasteiger partial charge in [0.2, 0.25) is 5.91 Å². The minimum Gasteiger partial charge on any atom is -0.495 e. The maximum absolute atomic E-state index is 12.1. The highest BCUT2D eigenvalue weighted by molar-refractivity contribution is 5.93. The molecule has 5 nitrogen and oxygen atoms in total. The lowest BCUT2D eigenvalue weighted by atomic mass is 10.1. The van der Waals surface area contributed by atoms with E-state index < -0.39 is 0 Å². The predicted octanol–water partition coefficient (Wildman–Crippen LogP) is 1.37. The standard InChI is InChI=1S/C15H23N3O2/c1-11-5-6-14(20-2)13(8-11)17-15(19)10-18-7-3-4-12(16)9-18/h5-6,8,12H,3-4,7,9-10,16H2,1-2H3,(H,17,19). The lowest BCUT2D eigenvalue weighted by Crippen LogP contribution is -2.45. The van der Waals surface area contributed by atoms with Crippen LogP contribution in [0.1, 0.15) is 18.4 Å². The van der Waals surface area contributed by atoms with Gasteiger partial charge in [-0.25, -0.2) is 0 Å². The quantitative estimate of drug-likeness (QED) is 0.872. The minimum absolute atomic E-state index is 0.0250. The van der Waals surface area contributed by atoms with E-state index >= 15 is 0 Å². The highest BCUT2D eigenvalue weighted by Gasteiger charge is 2.19. The van der Waals surface area contributed by atoms with E-state index in [9.17, 15) is 4.79 Å². The second kappa shape index (κ2) is 6.72. The average Bonchev–Trinajstić information content (AvgIpc) is 2.38. The van der Waals surface area contributed by atoms with Crippen molar-refractivity contribution in [3.63, 3.8) is 0 Å². The van der Waals surface area contributed by atoms with Crippen molar-refractivity contribution in [2.75, 3.05) is 32.1 Å². The Morgan fingerprint density at radius 1 is 1.55 bits per heavy atom. The lowest BCUT2D eigenvalue weighted by Gasteiger charge is -2.30. The number of nitrogens with zero attached hydrogens (tertiary/aromatic N) is 1. The van der Waals surface area contributed by atoms with Gasteiger partial charge in [-0.2, -0.15) is 0 Å². The molecule has 0 bridgehead atoms. The highest BCUT2D eigenvalue weighted by atomic mass is 16.5. The molecule has 5 heteroatoms. The third-order valence-corrected chi connectivity index (χ3v) is 3.54. The third kappa shape index (κ3) is 3.95. The van der Waals surface area contributed by atoms with Gasteiger partial charge in [-0.1, -0.05) is 6.07 Å². The largest absolute Gasteiger partial charge is 0.495 e.